The largest absolute Gasteiger partial charge is 0.390 e. The first-order chi connectivity index (χ1) is 8.85. The van der Waals surface area contributed by atoms with Crippen molar-refractivity contribution in [2.45, 2.75) is 64.1 Å². The predicted molar refractivity (Wildman–Crippen MR) is 75.4 cm³/mol. The van der Waals surface area contributed by atoms with Crippen molar-refractivity contribution < 1.29 is 13.5 Å². The summed E-state index contributed by atoms with van der Waals surface area (Å²) in [6.07, 6.45) is 3.10. The Morgan fingerprint density at radius 1 is 1.32 bits per heavy atom. The Bertz CT molecular complexity index is 502. The van der Waals surface area contributed by atoms with Gasteiger partial charge in [0.15, 0.2) is 0 Å². The lowest BCUT2D eigenvalue weighted by molar-refractivity contribution is 0.268. The van der Waals surface area contributed by atoms with Crippen LogP contribution in [0.25, 0.3) is 0 Å². The lowest BCUT2D eigenvalue weighted by Crippen LogP contribution is -2.33. The molecule has 0 amide bonds. The van der Waals surface area contributed by atoms with Crippen LogP contribution in [0.4, 0.5) is 0 Å². The Hall–Kier alpha value is -0.850. The molecule has 1 aromatic rings. The van der Waals surface area contributed by atoms with Gasteiger partial charge < -0.3 is 9.67 Å². The summed E-state index contributed by atoms with van der Waals surface area (Å²) in [7, 11) is -3.51. The molecule has 0 bridgehead atoms. The van der Waals surface area contributed by atoms with Crippen LogP contribution < -0.4 is 4.72 Å². The molecule has 0 spiro atoms. The van der Waals surface area contributed by atoms with Crippen LogP contribution in [0.15, 0.2) is 17.2 Å². The number of aliphatic hydroxyl groups is 1. The molecule has 0 aliphatic rings. The number of aliphatic hydroxyl groups excluding tert-OH is 1. The summed E-state index contributed by atoms with van der Waals surface area (Å²) in [6.45, 7) is 7.64. The van der Waals surface area contributed by atoms with Crippen LogP contribution in [0.2, 0.25) is 0 Å². The third-order valence-electron chi connectivity index (χ3n) is 3.24. The molecular formula is C13H24N2O3S. The topological polar surface area (TPSA) is 71.3 Å². The Morgan fingerprint density at radius 2 is 1.89 bits per heavy atom. The summed E-state index contributed by atoms with van der Waals surface area (Å²) in [5.74, 6) is 0. The van der Waals surface area contributed by atoms with Crippen LogP contribution in [0, 0.1) is 0 Å². The molecule has 0 saturated heterocycles. The second-order valence-corrected chi connectivity index (χ2v) is 6.67. The summed E-state index contributed by atoms with van der Waals surface area (Å²) in [4.78, 5) is 0.220. The maximum atomic E-state index is 12.3. The third-order valence-corrected chi connectivity index (χ3v) is 4.73. The molecule has 0 saturated carbocycles. The van der Waals surface area contributed by atoms with Crippen molar-refractivity contribution in [3.05, 3.63) is 18.0 Å². The van der Waals surface area contributed by atoms with Crippen molar-refractivity contribution in [3.8, 4) is 0 Å². The van der Waals surface area contributed by atoms with E-state index in [0.29, 0.717) is 5.69 Å². The molecule has 1 heterocycles. The first kappa shape index (κ1) is 16.2. The number of sulfonamides is 1. The molecule has 0 aliphatic heterocycles. The highest BCUT2D eigenvalue weighted by atomic mass is 32.2. The zero-order chi connectivity index (χ0) is 14.6. The van der Waals surface area contributed by atoms with Gasteiger partial charge in [0, 0.05) is 24.0 Å². The summed E-state index contributed by atoms with van der Waals surface area (Å²) in [6, 6.07) is 1.59. The highest BCUT2D eigenvalue weighted by Crippen LogP contribution is 2.19. The normalized spacial score (nSPS) is 12.6. The van der Waals surface area contributed by atoms with Crippen molar-refractivity contribution in [3.63, 3.8) is 0 Å². The van der Waals surface area contributed by atoms with Gasteiger partial charge in [-0.05, 0) is 32.8 Å². The molecule has 1 rings (SSSR count). The standard InChI is InChI=1S/C13H24N2O3S/c1-5-11(6-2)14-19(17,18)13-7-12(9-16)15(8-13)10(3)4/h7-8,10-11,14,16H,5-6,9H2,1-4H3. The van der Waals surface area contributed by atoms with E-state index in [0.717, 1.165) is 12.8 Å². The molecule has 0 fully saturated rings. The second kappa shape index (κ2) is 6.54. The smallest absolute Gasteiger partial charge is 0.242 e. The second-order valence-electron chi connectivity index (χ2n) is 4.96. The zero-order valence-electron chi connectivity index (χ0n) is 12.0. The Balaban J connectivity index is 3.08. The van der Waals surface area contributed by atoms with Crippen molar-refractivity contribution in [1.82, 2.24) is 9.29 Å². The van der Waals surface area contributed by atoms with Gasteiger partial charge >= 0.3 is 0 Å². The molecule has 6 heteroatoms. The van der Waals surface area contributed by atoms with Crippen LogP contribution in [0.3, 0.4) is 0 Å². The van der Waals surface area contributed by atoms with Gasteiger partial charge in [0.1, 0.15) is 0 Å². The van der Waals surface area contributed by atoms with Gasteiger partial charge in [-0.1, -0.05) is 13.8 Å². The number of hydrogen-bond donors (Lipinski definition) is 2. The van der Waals surface area contributed by atoms with Gasteiger partial charge in [0.25, 0.3) is 0 Å². The van der Waals surface area contributed by atoms with Crippen molar-refractivity contribution in [1.29, 1.82) is 0 Å². The minimum Gasteiger partial charge on any atom is -0.390 e. The average Bonchev–Trinajstić information content (AvgIpc) is 2.81. The first-order valence-corrected chi connectivity index (χ1v) is 8.17. The number of hydrogen-bond acceptors (Lipinski definition) is 3. The van der Waals surface area contributed by atoms with E-state index >= 15 is 0 Å². The predicted octanol–water partition coefficient (Wildman–Crippen LogP) is 2.03. The Labute approximate surface area is 115 Å². The quantitative estimate of drug-likeness (QED) is 0.806. The molecule has 5 nitrogen and oxygen atoms in total. The van der Waals surface area contributed by atoms with Crippen molar-refractivity contribution >= 4 is 10.0 Å². The lowest BCUT2D eigenvalue weighted by Gasteiger charge is -2.14. The van der Waals surface area contributed by atoms with E-state index in [4.69, 9.17) is 0 Å². The fraction of sp³-hybridized carbons (Fsp3) is 0.692. The van der Waals surface area contributed by atoms with Crippen molar-refractivity contribution in [2.24, 2.45) is 0 Å². The highest BCUT2D eigenvalue weighted by molar-refractivity contribution is 7.89. The monoisotopic (exact) mass is 288 g/mol. The molecular weight excluding hydrogens is 264 g/mol. The maximum absolute atomic E-state index is 12.3. The van der Waals surface area contributed by atoms with Gasteiger partial charge in [-0.2, -0.15) is 0 Å². The minimum absolute atomic E-state index is 0.0509. The van der Waals surface area contributed by atoms with Gasteiger partial charge in [0.2, 0.25) is 10.0 Å². The van der Waals surface area contributed by atoms with Gasteiger partial charge in [-0.3, -0.25) is 0 Å². The van der Waals surface area contributed by atoms with Crippen molar-refractivity contribution in [2.75, 3.05) is 0 Å². The van der Waals surface area contributed by atoms with Crippen LogP contribution in [0.1, 0.15) is 52.3 Å². The molecule has 19 heavy (non-hydrogen) atoms. The first-order valence-electron chi connectivity index (χ1n) is 6.69. The van der Waals surface area contributed by atoms with E-state index in [9.17, 15) is 13.5 Å². The number of aromatic nitrogens is 1. The molecule has 0 radical (unpaired) electrons. The minimum atomic E-state index is -3.51. The highest BCUT2D eigenvalue weighted by Gasteiger charge is 2.21. The Kier molecular flexibility index (Phi) is 5.58. The molecule has 2 N–H and O–H groups in total. The van der Waals surface area contributed by atoms with Crippen LogP contribution in [-0.2, 0) is 16.6 Å². The van der Waals surface area contributed by atoms with E-state index in [1.54, 1.807) is 10.8 Å². The summed E-state index contributed by atoms with van der Waals surface area (Å²) >= 11 is 0. The van der Waals surface area contributed by atoms with Crippen LogP contribution in [0.5, 0.6) is 0 Å². The third kappa shape index (κ3) is 3.81. The molecule has 0 atom stereocenters. The van der Waals surface area contributed by atoms with E-state index in [1.165, 1.54) is 6.07 Å². The summed E-state index contributed by atoms with van der Waals surface area (Å²) in [5, 5.41) is 9.28. The Morgan fingerprint density at radius 3 is 2.26 bits per heavy atom. The van der Waals surface area contributed by atoms with E-state index in [-0.39, 0.29) is 23.6 Å². The van der Waals surface area contributed by atoms with Crippen LogP contribution >= 0.6 is 0 Å². The van der Waals surface area contributed by atoms with Gasteiger partial charge in [-0.15, -0.1) is 0 Å². The molecule has 110 valence electrons. The molecule has 0 aromatic carbocycles. The number of rotatable bonds is 7. The van der Waals surface area contributed by atoms with E-state index in [2.05, 4.69) is 4.72 Å². The summed E-state index contributed by atoms with van der Waals surface area (Å²) in [5.41, 5.74) is 0.611. The molecule has 0 unspecified atom stereocenters. The summed E-state index contributed by atoms with van der Waals surface area (Å²) < 4.78 is 29.0. The number of nitrogens with one attached hydrogen (secondary N) is 1. The van der Waals surface area contributed by atoms with E-state index in [1.807, 2.05) is 27.7 Å². The maximum Gasteiger partial charge on any atom is 0.242 e. The fourth-order valence-corrected chi connectivity index (χ4v) is 3.45. The SMILES string of the molecule is CCC(CC)NS(=O)(=O)c1cc(CO)n(C(C)C)c1. The van der Waals surface area contributed by atoms with Crippen LogP contribution in [-0.4, -0.2) is 24.1 Å². The molecule has 1 aromatic heterocycles. The lowest BCUT2D eigenvalue weighted by atomic mass is 10.2. The number of nitrogens with zero attached hydrogens (tertiary/aromatic N) is 1. The zero-order valence-corrected chi connectivity index (χ0v) is 12.9. The van der Waals surface area contributed by atoms with Gasteiger partial charge in [0.05, 0.1) is 11.5 Å². The molecule has 0 aliphatic carbocycles. The average molecular weight is 288 g/mol. The fourth-order valence-electron chi connectivity index (χ4n) is 1.99. The van der Waals surface area contributed by atoms with Gasteiger partial charge in [-0.25, -0.2) is 13.1 Å². The van der Waals surface area contributed by atoms with E-state index < -0.39 is 10.0 Å².